The van der Waals surface area contributed by atoms with Crippen molar-refractivity contribution >= 4 is 17.6 Å². The number of carbonyl (C=O) groups is 1. The largest absolute Gasteiger partial charge is 0.483 e. The zero-order valence-electron chi connectivity index (χ0n) is 21.6. The van der Waals surface area contributed by atoms with Gasteiger partial charge in [-0.1, -0.05) is 27.7 Å². The summed E-state index contributed by atoms with van der Waals surface area (Å²) in [6, 6.07) is 5.33. The van der Waals surface area contributed by atoms with Crippen LogP contribution < -0.4 is 10.4 Å². The summed E-state index contributed by atoms with van der Waals surface area (Å²) in [5, 5.41) is 0. The van der Waals surface area contributed by atoms with Crippen molar-refractivity contribution in [1.29, 1.82) is 0 Å². The number of aromatic nitrogens is 1. The first-order chi connectivity index (χ1) is 16.1. The highest BCUT2D eigenvalue weighted by Crippen LogP contribution is 2.50. The Hall–Kier alpha value is -2.34. The van der Waals surface area contributed by atoms with Crippen molar-refractivity contribution in [3.63, 3.8) is 0 Å². The highest BCUT2D eigenvalue weighted by atomic mass is 35.5. The lowest BCUT2D eigenvalue weighted by Gasteiger charge is -2.52. The van der Waals surface area contributed by atoms with Crippen LogP contribution >= 0.6 is 11.6 Å². The number of halogens is 1. The second-order valence-corrected chi connectivity index (χ2v) is 9.97. The molecule has 0 amide bonds. The number of rotatable bonds is 3. The first kappa shape index (κ1) is 27.9. The molecule has 4 atom stereocenters. The Morgan fingerprint density at radius 1 is 1.24 bits per heavy atom. The maximum Gasteiger partial charge on any atom is 0.343 e. The molecule has 4 unspecified atom stereocenters. The van der Waals surface area contributed by atoms with E-state index in [1.807, 2.05) is 54.5 Å². The SMILES string of the molecule is CC.CC.CC(=O)OC1CC(C(C)(C)Cl)CC2Cc3c(cc(-c4cccnc4)oc3=O)OC21C. The molecule has 1 aliphatic heterocycles. The summed E-state index contributed by atoms with van der Waals surface area (Å²) in [4.78, 5) is 28.3. The van der Waals surface area contributed by atoms with Gasteiger partial charge >= 0.3 is 11.6 Å². The maximum absolute atomic E-state index is 12.8. The first-order valence-electron chi connectivity index (χ1n) is 12.2. The number of carbonyl (C=O) groups excluding carboxylic acids is 1. The number of alkyl halides is 1. The lowest BCUT2D eigenvalue weighted by molar-refractivity contribution is -0.178. The minimum atomic E-state index is -0.753. The topological polar surface area (TPSA) is 78.6 Å². The highest BCUT2D eigenvalue weighted by Gasteiger charge is 2.55. The van der Waals surface area contributed by atoms with E-state index in [1.165, 1.54) is 6.92 Å². The van der Waals surface area contributed by atoms with E-state index in [9.17, 15) is 9.59 Å². The van der Waals surface area contributed by atoms with Crippen LogP contribution in [0.1, 0.15) is 73.8 Å². The van der Waals surface area contributed by atoms with E-state index in [1.54, 1.807) is 24.5 Å². The lowest BCUT2D eigenvalue weighted by atomic mass is 9.64. The summed E-state index contributed by atoms with van der Waals surface area (Å²) in [5.74, 6) is 0.607. The summed E-state index contributed by atoms with van der Waals surface area (Å²) in [5.41, 5.74) is 0.0407. The van der Waals surface area contributed by atoms with Crippen molar-refractivity contribution in [1.82, 2.24) is 4.98 Å². The average molecular weight is 492 g/mol. The van der Waals surface area contributed by atoms with Crippen molar-refractivity contribution in [3.05, 3.63) is 46.6 Å². The van der Waals surface area contributed by atoms with Crippen LogP contribution in [-0.4, -0.2) is 27.5 Å². The summed E-state index contributed by atoms with van der Waals surface area (Å²) in [6.07, 6.45) is 4.70. The Labute approximate surface area is 208 Å². The van der Waals surface area contributed by atoms with Gasteiger partial charge in [0, 0.05) is 41.7 Å². The molecular formula is C27H38ClNO5. The quantitative estimate of drug-likeness (QED) is 0.364. The molecule has 0 bridgehead atoms. The molecule has 0 radical (unpaired) electrons. The molecule has 0 N–H and O–H groups in total. The molecule has 4 rings (SSSR count). The van der Waals surface area contributed by atoms with Gasteiger partial charge in [-0.05, 0) is 58.1 Å². The minimum Gasteiger partial charge on any atom is -0.483 e. The molecule has 2 aliphatic rings. The Balaban J connectivity index is 0.000000970. The number of nitrogens with zero attached hydrogens (tertiary/aromatic N) is 1. The van der Waals surface area contributed by atoms with Gasteiger partial charge in [0.2, 0.25) is 0 Å². The zero-order valence-corrected chi connectivity index (χ0v) is 22.4. The van der Waals surface area contributed by atoms with Crippen LogP contribution in [-0.2, 0) is 16.0 Å². The lowest BCUT2D eigenvalue weighted by Crippen LogP contribution is -2.60. The summed E-state index contributed by atoms with van der Waals surface area (Å²) >= 11 is 6.64. The zero-order chi connectivity index (χ0) is 25.7. The molecule has 0 aromatic carbocycles. The Morgan fingerprint density at radius 3 is 2.47 bits per heavy atom. The van der Waals surface area contributed by atoms with Gasteiger partial charge in [-0.3, -0.25) is 9.78 Å². The van der Waals surface area contributed by atoms with Crippen LogP contribution in [0.25, 0.3) is 11.3 Å². The third-order valence-corrected chi connectivity index (χ3v) is 6.84. The highest BCUT2D eigenvalue weighted by molar-refractivity contribution is 6.23. The molecule has 1 saturated carbocycles. The fraction of sp³-hybridized carbons (Fsp3) is 0.593. The molecule has 2 aromatic rings. The van der Waals surface area contributed by atoms with Crippen molar-refractivity contribution in [2.75, 3.05) is 0 Å². The molecule has 1 aliphatic carbocycles. The van der Waals surface area contributed by atoms with Crippen LogP contribution in [0.3, 0.4) is 0 Å². The van der Waals surface area contributed by atoms with E-state index >= 15 is 0 Å². The molecular weight excluding hydrogens is 454 g/mol. The standard InChI is InChI=1S/C23H26ClNO5.2C2H6/c1-13(26)28-20-10-15(22(2,3)24)8-16-9-17-19(30-23(16,20)4)11-18(29-21(17)27)14-6-5-7-25-12-14;2*1-2/h5-7,11-12,15-16,20H,8-10H2,1-4H3;2*1-2H3. The number of esters is 1. The van der Waals surface area contributed by atoms with E-state index in [4.69, 9.17) is 25.5 Å². The van der Waals surface area contributed by atoms with Gasteiger partial charge in [0.1, 0.15) is 23.2 Å². The second-order valence-electron chi connectivity index (χ2n) is 9.00. The van der Waals surface area contributed by atoms with E-state index in [0.717, 1.165) is 6.42 Å². The molecule has 0 saturated heterocycles. The molecule has 7 heteroatoms. The maximum atomic E-state index is 12.8. The first-order valence-corrected chi connectivity index (χ1v) is 12.6. The van der Waals surface area contributed by atoms with Gasteiger partial charge in [0.05, 0.1) is 5.56 Å². The van der Waals surface area contributed by atoms with Gasteiger partial charge in [-0.15, -0.1) is 11.6 Å². The van der Waals surface area contributed by atoms with E-state index in [2.05, 4.69) is 4.98 Å². The van der Waals surface area contributed by atoms with Gasteiger partial charge in [-0.25, -0.2) is 4.79 Å². The number of pyridine rings is 1. The molecule has 188 valence electrons. The van der Waals surface area contributed by atoms with Crippen LogP contribution in [0.15, 0.2) is 39.8 Å². The van der Waals surface area contributed by atoms with Crippen LogP contribution in [0.4, 0.5) is 0 Å². The van der Waals surface area contributed by atoms with Crippen LogP contribution in [0.2, 0.25) is 0 Å². The third kappa shape index (κ3) is 5.83. The van der Waals surface area contributed by atoms with Crippen LogP contribution in [0.5, 0.6) is 5.75 Å². The van der Waals surface area contributed by atoms with Gasteiger partial charge in [0.15, 0.2) is 0 Å². The van der Waals surface area contributed by atoms with Crippen LogP contribution in [0, 0.1) is 11.8 Å². The Kier molecular flexibility index (Phi) is 9.35. The van der Waals surface area contributed by atoms with E-state index in [0.29, 0.717) is 35.5 Å². The molecule has 1 fully saturated rings. The summed E-state index contributed by atoms with van der Waals surface area (Å²) in [6.45, 7) is 15.3. The normalized spacial score (nSPS) is 25.1. The Bertz CT molecular complexity index is 1010. The van der Waals surface area contributed by atoms with Crippen molar-refractivity contribution in [2.45, 2.75) is 91.2 Å². The second kappa shape index (κ2) is 11.4. The fourth-order valence-electron chi connectivity index (χ4n) is 4.70. The number of hydrogen-bond donors (Lipinski definition) is 0. The minimum absolute atomic E-state index is 0.0294. The van der Waals surface area contributed by atoms with Crippen molar-refractivity contribution in [3.8, 4) is 17.1 Å². The van der Waals surface area contributed by atoms with E-state index in [-0.39, 0.29) is 17.8 Å². The summed E-state index contributed by atoms with van der Waals surface area (Å²) in [7, 11) is 0. The Morgan fingerprint density at radius 2 is 1.91 bits per heavy atom. The van der Waals surface area contributed by atoms with Crippen molar-refractivity contribution in [2.24, 2.45) is 11.8 Å². The molecule has 2 aromatic heterocycles. The van der Waals surface area contributed by atoms with Crippen molar-refractivity contribution < 1.29 is 18.7 Å². The smallest absolute Gasteiger partial charge is 0.343 e. The van der Waals surface area contributed by atoms with E-state index < -0.39 is 22.2 Å². The van der Waals surface area contributed by atoms with Gasteiger partial charge < -0.3 is 13.9 Å². The molecule has 3 heterocycles. The van der Waals surface area contributed by atoms with Gasteiger partial charge in [0.25, 0.3) is 0 Å². The molecule has 0 spiro atoms. The summed E-state index contributed by atoms with van der Waals surface area (Å²) < 4.78 is 17.7. The third-order valence-electron chi connectivity index (χ3n) is 6.53. The average Bonchev–Trinajstić information content (AvgIpc) is 2.80. The monoisotopic (exact) mass is 491 g/mol. The predicted molar refractivity (Wildman–Crippen MR) is 135 cm³/mol. The van der Waals surface area contributed by atoms with Gasteiger partial charge in [-0.2, -0.15) is 0 Å². The molecule has 6 nitrogen and oxygen atoms in total. The molecule has 34 heavy (non-hydrogen) atoms. The fourth-order valence-corrected chi connectivity index (χ4v) is 4.87. The predicted octanol–water partition coefficient (Wildman–Crippen LogP) is 6.42. The number of hydrogen-bond acceptors (Lipinski definition) is 6. The number of ether oxygens (including phenoxy) is 2. The number of fused-ring (bicyclic) bond motifs is 2.